The lowest BCUT2D eigenvalue weighted by atomic mass is 9.82. The van der Waals surface area contributed by atoms with Crippen molar-refractivity contribution in [1.82, 2.24) is 0 Å². The summed E-state index contributed by atoms with van der Waals surface area (Å²) in [5.41, 5.74) is 11.3. The molecule has 1 aliphatic carbocycles. The molecule has 2 heteroatoms. The van der Waals surface area contributed by atoms with Gasteiger partial charge in [0.15, 0.2) is 0 Å². The maximum atomic E-state index is 2.43. The number of fused-ring (bicyclic) bond motifs is 8. The van der Waals surface area contributed by atoms with Gasteiger partial charge in [-0.25, -0.2) is 0 Å². The van der Waals surface area contributed by atoms with Gasteiger partial charge in [-0.1, -0.05) is 117 Å². The van der Waals surface area contributed by atoms with Crippen LogP contribution in [-0.2, 0) is 5.41 Å². The smallest absolute Gasteiger partial charge is 0.0468 e. The molecule has 49 heavy (non-hydrogen) atoms. The predicted molar refractivity (Wildman–Crippen MR) is 212 cm³/mol. The molecule has 0 atom stereocenters. The molecule has 1 nitrogen and oxygen atoms in total. The van der Waals surface area contributed by atoms with Crippen molar-refractivity contribution in [3.8, 4) is 22.3 Å². The molecule has 0 bridgehead atoms. The SMILES string of the molecule is CC1(C)c2ccccc2-c2ccc(N(c3ccc(-c4ccc5ccccc5c4)cc3)c3ccc4cc5sc6ccccc6c5cc4c3)cc21. The highest BCUT2D eigenvalue weighted by Gasteiger charge is 2.35. The Hall–Kier alpha value is -5.70. The highest BCUT2D eigenvalue weighted by molar-refractivity contribution is 7.25. The van der Waals surface area contributed by atoms with Crippen LogP contribution < -0.4 is 4.90 Å². The van der Waals surface area contributed by atoms with Crippen LogP contribution in [0.4, 0.5) is 17.1 Å². The van der Waals surface area contributed by atoms with Crippen molar-refractivity contribution < 1.29 is 0 Å². The van der Waals surface area contributed by atoms with Gasteiger partial charge in [-0.2, -0.15) is 0 Å². The second kappa shape index (κ2) is 10.7. The summed E-state index contributed by atoms with van der Waals surface area (Å²) >= 11 is 1.88. The first kappa shape index (κ1) is 28.3. The molecule has 1 heterocycles. The fourth-order valence-electron chi connectivity index (χ4n) is 8.05. The number of anilines is 3. The van der Waals surface area contributed by atoms with E-state index in [1.807, 2.05) is 11.3 Å². The molecule has 0 saturated carbocycles. The lowest BCUT2D eigenvalue weighted by Crippen LogP contribution is -2.16. The monoisotopic (exact) mass is 643 g/mol. The van der Waals surface area contributed by atoms with Gasteiger partial charge in [-0.15, -0.1) is 11.3 Å². The second-order valence-corrected chi connectivity index (χ2v) is 14.9. The number of rotatable bonds is 4. The zero-order chi connectivity index (χ0) is 32.7. The Bertz CT molecular complexity index is 2750. The maximum absolute atomic E-state index is 2.43. The van der Waals surface area contributed by atoms with Gasteiger partial charge in [0.05, 0.1) is 0 Å². The van der Waals surface area contributed by atoms with Gasteiger partial charge in [0.1, 0.15) is 0 Å². The van der Waals surface area contributed by atoms with Gasteiger partial charge in [-0.3, -0.25) is 0 Å². The lowest BCUT2D eigenvalue weighted by molar-refractivity contribution is 0.660. The van der Waals surface area contributed by atoms with E-state index in [0.29, 0.717) is 0 Å². The van der Waals surface area contributed by atoms with Crippen molar-refractivity contribution >= 4 is 70.1 Å². The Balaban J connectivity index is 1.13. The molecule has 0 aliphatic heterocycles. The van der Waals surface area contributed by atoms with Gasteiger partial charge in [0.25, 0.3) is 0 Å². The van der Waals surface area contributed by atoms with Gasteiger partial charge in [0, 0.05) is 42.6 Å². The van der Waals surface area contributed by atoms with Crippen molar-refractivity contribution in [2.45, 2.75) is 19.3 Å². The zero-order valence-corrected chi connectivity index (χ0v) is 28.3. The van der Waals surface area contributed by atoms with Gasteiger partial charge >= 0.3 is 0 Å². The number of nitrogens with zero attached hydrogens (tertiary/aromatic N) is 1. The predicted octanol–water partition coefficient (Wildman–Crippen LogP) is 13.8. The summed E-state index contributed by atoms with van der Waals surface area (Å²) in [4.78, 5) is 2.43. The van der Waals surface area contributed by atoms with Crippen molar-refractivity contribution in [2.24, 2.45) is 0 Å². The average molecular weight is 644 g/mol. The van der Waals surface area contributed by atoms with Gasteiger partial charge in [-0.05, 0) is 116 Å². The van der Waals surface area contributed by atoms with Crippen LogP contribution in [0.2, 0.25) is 0 Å². The Labute approximate surface area is 290 Å². The molecule has 0 saturated heterocycles. The van der Waals surface area contributed by atoms with E-state index in [0.717, 1.165) is 11.4 Å². The Kier molecular flexibility index (Phi) is 6.16. The van der Waals surface area contributed by atoms with E-state index in [1.165, 1.54) is 80.8 Å². The molecule has 0 N–H and O–H groups in total. The third kappa shape index (κ3) is 4.45. The fourth-order valence-corrected chi connectivity index (χ4v) is 9.18. The standard InChI is InChI=1S/C47H33NS/c1-47(2)43-13-7-5-11-39(43)40-24-23-38(29-44(40)47)48(36-20-17-31(18-21-36)33-16-15-30-9-3-4-10-32(30)25-33)37-22-19-34-28-46-42(27-35(34)26-37)41-12-6-8-14-45(41)49-46/h3-29H,1-2H3. The summed E-state index contributed by atoms with van der Waals surface area (Å²) in [6.07, 6.45) is 0. The van der Waals surface area contributed by atoms with Crippen LogP contribution in [0.3, 0.4) is 0 Å². The molecular weight excluding hydrogens is 611 g/mol. The molecule has 0 unspecified atom stereocenters. The molecule has 0 spiro atoms. The number of thiophene rings is 1. The Morgan fingerprint density at radius 1 is 0.408 bits per heavy atom. The van der Waals surface area contributed by atoms with Crippen molar-refractivity contribution in [2.75, 3.05) is 4.90 Å². The lowest BCUT2D eigenvalue weighted by Gasteiger charge is -2.28. The molecule has 0 fully saturated rings. The first-order valence-electron chi connectivity index (χ1n) is 17.0. The van der Waals surface area contributed by atoms with E-state index >= 15 is 0 Å². The number of hydrogen-bond acceptors (Lipinski definition) is 2. The molecular formula is C47H33NS. The molecule has 232 valence electrons. The van der Waals surface area contributed by atoms with E-state index < -0.39 is 0 Å². The highest BCUT2D eigenvalue weighted by atomic mass is 32.1. The summed E-state index contributed by atoms with van der Waals surface area (Å²) < 4.78 is 2.67. The number of benzene rings is 8. The first-order valence-corrected chi connectivity index (χ1v) is 17.8. The highest BCUT2D eigenvalue weighted by Crippen LogP contribution is 2.51. The van der Waals surface area contributed by atoms with E-state index in [1.54, 1.807) is 0 Å². The molecule has 9 aromatic rings. The van der Waals surface area contributed by atoms with Gasteiger partial charge in [0.2, 0.25) is 0 Å². The minimum Gasteiger partial charge on any atom is -0.310 e. The molecule has 0 radical (unpaired) electrons. The summed E-state index contributed by atoms with van der Waals surface area (Å²) in [6, 6.07) is 60.8. The minimum absolute atomic E-state index is 0.0808. The topological polar surface area (TPSA) is 3.24 Å². The Morgan fingerprint density at radius 3 is 1.96 bits per heavy atom. The normalized spacial score (nSPS) is 13.3. The summed E-state index contributed by atoms with van der Waals surface area (Å²) in [6.45, 7) is 4.72. The minimum atomic E-state index is -0.0808. The molecule has 8 aromatic carbocycles. The first-order chi connectivity index (χ1) is 24.0. The van der Waals surface area contributed by atoms with Crippen LogP contribution in [0.15, 0.2) is 164 Å². The number of hydrogen-bond donors (Lipinski definition) is 0. The van der Waals surface area contributed by atoms with E-state index in [2.05, 4.69) is 183 Å². The van der Waals surface area contributed by atoms with Gasteiger partial charge < -0.3 is 4.90 Å². The average Bonchev–Trinajstić information content (AvgIpc) is 3.62. The molecule has 1 aromatic heterocycles. The summed E-state index contributed by atoms with van der Waals surface area (Å²) in [5, 5.41) is 7.70. The third-order valence-electron chi connectivity index (χ3n) is 10.6. The van der Waals surface area contributed by atoms with Crippen LogP contribution in [0, 0.1) is 0 Å². The quantitative estimate of drug-likeness (QED) is 0.184. The van der Waals surface area contributed by atoms with Crippen LogP contribution >= 0.6 is 11.3 Å². The molecule has 1 aliphatic rings. The molecule has 10 rings (SSSR count). The largest absolute Gasteiger partial charge is 0.310 e. The van der Waals surface area contributed by atoms with E-state index in [4.69, 9.17) is 0 Å². The summed E-state index contributed by atoms with van der Waals surface area (Å²) in [7, 11) is 0. The van der Waals surface area contributed by atoms with Crippen LogP contribution in [0.5, 0.6) is 0 Å². The third-order valence-corrected chi connectivity index (χ3v) is 11.7. The second-order valence-electron chi connectivity index (χ2n) is 13.8. The molecule has 0 amide bonds. The van der Waals surface area contributed by atoms with Crippen molar-refractivity contribution in [1.29, 1.82) is 0 Å². The van der Waals surface area contributed by atoms with E-state index in [-0.39, 0.29) is 5.41 Å². The zero-order valence-electron chi connectivity index (χ0n) is 27.4. The van der Waals surface area contributed by atoms with Crippen LogP contribution in [0.25, 0.3) is 64.0 Å². The van der Waals surface area contributed by atoms with Crippen molar-refractivity contribution in [3.63, 3.8) is 0 Å². The van der Waals surface area contributed by atoms with E-state index in [9.17, 15) is 0 Å². The Morgan fingerprint density at radius 2 is 1.06 bits per heavy atom. The van der Waals surface area contributed by atoms with Crippen molar-refractivity contribution in [3.05, 3.63) is 175 Å². The van der Waals surface area contributed by atoms with Crippen LogP contribution in [0.1, 0.15) is 25.0 Å². The maximum Gasteiger partial charge on any atom is 0.0468 e. The van der Waals surface area contributed by atoms with Crippen LogP contribution in [-0.4, -0.2) is 0 Å². The summed E-state index contributed by atoms with van der Waals surface area (Å²) in [5.74, 6) is 0. The fraction of sp³-hybridized carbons (Fsp3) is 0.0638.